The molecule has 0 saturated carbocycles. The van der Waals surface area contributed by atoms with Crippen LogP contribution in [0.1, 0.15) is 45.8 Å². The van der Waals surface area contributed by atoms with Crippen molar-refractivity contribution in [2.45, 2.75) is 52.2 Å². The van der Waals surface area contributed by atoms with Crippen LogP contribution >= 0.6 is 35.6 Å². The summed E-state index contributed by atoms with van der Waals surface area (Å²) in [5.41, 5.74) is -0.0599. The quantitative estimate of drug-likeness (QED) is 0.313. The molecule has 28 heavy (non-hydrogen) atoms. The van der Waals surface area contributed by atoms with Crippen LogP contribution in [0.5, 0.6) is 5.75 Å². The molecule has 2 N–H and O–H groups in total. The van der Waals surface area contributed by atoms with Crippen molar-refractivity contribution in [3.63, 3.8) is 0 Å². The average Bonchev–Trinajstić information content (AvgIpc) is 3.11. The topological polar surface area (TPSA) is 71.7 Å². The number of guanidine groups is 1. The van der Waals surface area contributed by atoms with E-state index in [2.05, 4.69) is 48.3 Å². The zero-order chi connectivity index (χ0) is 19.9. The van der Waals surface area contributed by atoms with Crippen LogP contribution in [0.4, 0.5) is 0 Å². The molecule has 0 aliphatic carbocycles. The van der Waals surface area contributed by atoms with Crippen LogP contribution in [0.25, 0.3) is 0 Å². The minimum atomic E-state index is -0.0599. The lowest BCUT2D eigenvalue weighted by Gasteiger charge is -2.20. The molecular formula is C20H30ClIN4O2. The molecule has 1 atom stereocenters. The Morgan fingerprint density at radius 2 is 2.00 bits per heavy atom. The van der Waals surface area contributed by atoms with E-state index >= 15 is 0 Å². The fraction of sp³-hybridized carbons (Fsp3) is 0.500. The summed E-state index contributed by atoms with van der Waals surface area (Å²) in [6.07, 6.45) is 2.58. The Balaban J connectivity index is 0.00000392. The monoisotopic (exact) mass is 520 g/mol. The first-order chi connectivity index (χ1) is 12.8. The minimum Gasteiger partial charge on any atom is -0.487 e. The summed E-state index contributed by atoms with van der Waals surface area (Å²) < 4.78 is 11.8. The summed E-state index contributed by atoms with van der Waals surface area (Å²) in [5.74, 6) is 2.83. The van der Waals surface area contributed by atoms with Crippen LogP contribution < -0.4 is 15.4 Å². The van der Waals surface area contributed by atoms with Crippen LogP contribution in [0.2, 0.25) is 5.02 Å². The molecule has 8 heteroatoms. The molecule has 0 fully saturated rings. The van der Waals surface area contributed by atoms with E-state index in [-0.39, 0.29) is 35.5 Å². The van der Waals surface area contributed by atoms with E-state index in [1.54, 1.807) is 13.2 Å². The molecule has 1 aromatic heterocycles. The molecule has 0 aliphatic rings. The van der Waals surface area contributed by atoms with Gasteiger partial charge in [0.05, 0.1) is 24.3 Å². The molecule has 1 heterocycles. The molecule has 0 spiro atoms. The Hall–Kier alpha value is -1.48. The summed E-state index contributed by atoms with van der Waals surface area (Å²) in [7, 11) is 1.72. The van der Waals surface area contributed by atoms with Gasteiger partial charge in [-0.3, -0.25) is 4.99 Å². The zero-order valence-electron chi connectivity index (χ0n) is 17.1. The van der Waals surface area contributed by atoms with Gasteiger partial charge < -0.3 is 19.8 Å². The van der Waals surface area contributed by atoms with Gasteiger partial charge in [0.25, 0.3) is 0 Å². The molecule has 1 aromatic carbocycles. The predicted octanol–water partition coefficient (Wildman–Crippen LogP) is 4.77. The highest BCUT2D eigenvalue weighted by molar-refractivity contribution is 14.0. The molecule has 6 nitrogen and oxygen atoms in total. The standard InChI is InChI=1S/C20H29ClN4O2.HI/c1-6-14(26-16-10-8-7-9-15(16)21)11-24-19(22-5)25-13-18-23-12-17(27-18)20(2,3)4;/h7-10,12,14H,6,11,13H2,1-5H3,(H2,22,24,25);1H. The number of aliphatic imine (C=N–C) groups is 1. The lowest BCUT2D eigenvalue weighted by molar-refractivity contribution is 0.199. The largest absolute Gasteiger partial charge is 0.487 e. The predicted molar refractivity (Wildman–Crippen MR) is 125 cm³/mol. The molecule has 2 rings (SSSR count). The van der Waals surface area contributed by atoms with Crippen LogP contribution in [-0.2, 0) is 12.0 Å². The van der Waals surface area contributed by atoms with Crippen LogP contribution in [-0.4, -0.2) is 30.6 Å². The molecule has 0 aliphatic heterocycles. The molecule has 0 radical (unpaired) electrons. The summed E-state index contributed by atoms with van der Waals surface area (Å²) in [5, 5.41) is 7.08. The third-order valence-electron chi connectivity index (χ3n) is 4.01. The van der Waals surface area contributed by atoms with Crippen molar-refractivity contribution in [3.8, 4) is 5.75 Å². The van der Waals surface area contributed by atoms with Gasteiger partial charge in [-0.15, -0.1) is 24.0 Å². The fourth-order valence-electron chi connectivity index (χ4n) is 2.32. The highest BCUT2D eigenvalue weighted by Crippen LogP contribution is 2.24. The second-order valence-electron chi connectivity index (χ2n) is 7.25. The highest BCUT2D eigenvalue weighted by Gasteiger charge is 2.19. The van der Waals surface area contributed by atoms with Crippen LogP contribution in [0.3, 0.4) is 0 Å². The van der Waals surface area contributed by atoms with Crippen molar-refractivity contribution in [3.05, 3.63) is 47.1 Å². The van der Waals surface area contributed by atoms with Crippen molar-refractivity contribution in [1.29, 1.82) is 0 Å². The highest BCUT2D eigenvalue weighted by atomic mass is 127. The molecule has 0 bridgehead atoms. The Kier molecular flexibility index (Phi) is 10.1. The lowest BCUT2D eigenvalue weighted by Crippen LogP contribution is -2.42. The smallest absolute Gasteiger partial charge is 0.213 e. The lowest BCUT2D eigenvalue weighted by atomic mass is 9.94. The Bertz CT molecular complexity index is 759. The Labute approximate surface area is 189 Å². The SMILES string of the molecule is CCC(CNC(=NC)NCc1ncc(C(C)(C)C)o1)Oc1ccccc1Cl.I. The first-order valence-electron chi connectivity index (χ1n) is 9.14. The Morgan fingerprint density at radius 3 is 2.57 bits per heavy atom. The van der Waals surface area contributed by atoms with E-state index in [0.717, 1.165) is 12.2 Å². The van der Waals surface area contributed by atoms with Crippen molar-refractivity contribution in [2.24, 2.45) is 4.99 Å². The summed E-state index contributed by atoms with van der Waals surface area (Å²) in [6.45, 7) is 9.40. The van der Waals surface area contributed by atoms with E-state index < -0.39 is 0 Å². The first-order valence-corrected chi connectivity index (χ1v) is 9.52. The van der Waals surface area contributed by atoms with Gasteiger partial charge in [-0.1, -0.05) is 51.4 Å². The molecular weight excluding hydrogens is 491 g/mol. The Morgan fingerprint density at radius 1 is 1.29 bits per heavy atom. The fourth-order valence-corrected chi connectivity index (χ4v) is 2.50. The first kappa shape index (κ1) is 24.6. The third kappa shape index (κ3) is 7.50. The number of ether oxygens (including phenoxy) is 1. The van der Waals surface area contributed by atoms with Gasteiger partial charge in [0.15, 0.2) is 5.96 Å². The number of rotatable bonds is 7. The van der Waals surface area contributed by atoms with E-state index in [0.29, 0.717) is 35.7 Å². The number of aromatic nitrogens is 1. The van der Waals surface area contributed by atoms with Gasteiger partial charge in [0, 0.05) is 12.5 Å². The van der Waals surface area contributed by atoms with E-state index in [9.17, 15) is 0 Å². The van der Waals surface area contributed by atoms with Gasteiger partial charge in [-0.05, 0) is 18.6 Å². The number of nitrogens with zero attached hydrogens (tertiary/aromatic N) is 2. The van der Waals surface area contributed by atoms with Gasteiger partial charge >= 0.3 is 0 Å². The van der Waals surface area contributed by atoms with Gasteiger partial charge in [-0.25, -0.2) is 4.98 Å². The van der Waals surface area contributed by atoms with Gasteiger partial charge in [0.2, 0.25) is 5.89 Å². The molecule has 1 unspecified atom stereocenters. The maximum absolute atomic E-state index is 6.17. The van der Waals surface area contributed by atoms with Crippen molar-refractivity contribution >= 4 is 41.5 Å². The van der Waals surface area contributed by atoms with E-state index in [1.807, 2.05) is 24.3 Å². The van der Waals surface area contributed by atoms with Crippen LogP contribution in [0.15, 0.2) is 39.9 Å². The molecule has 156 valence electrons. The van der Waals surface area contributed by atoms with Crippen molar-refractivity contribution in [1.82, 2.24) is 15.6 Å². The van der Waals surface area contributed by atoms with E-state index in [4.69, 9.17) is 20.8 Å². The van der Waals surface area contributed by atoms with Crippen LogP contribution in [0, 0.1) is 0 Å². The van der Waals surface area contributed by atoms with Gasteiger partial charge in [-0.2, -0.15) is 0 Å². The number of benzene rings is 1. The molecule has 0 amide bonds. The average molecular weight is 521 g/mol. The summed E-state index contributed by atoms with van der Waals surface area (Å²) in [6, 6.07) is 7.48. The number of nitrogens with one attached hydrogen (secondary N) is 2. The number of para-hydroxylation sites is 1. The second kappa shape index (κ2) is 11.5. The van der Waals surface area contributed by atoms with Gasteiger partial charge in [0.1, 0.15) is 17.6 Å². The molecule has 2 aromatic rings. The van der Waals surface area contributed by atoms with Crippen molar-refractivity contribution < 1.29 is 9.15 Å². The number of oxazole rings is 1. The third-order valence-corrected chi connectivity index (χ3v) is 4.32. The normalized spacial score (nSPS) is 12.9. The summed E-state index contributed by atoms with van der Waals surface area (Å²) in [4.78, 5) is 8.55. The summed E-state index contributed by atoms with van der Waals surface area (Å²) >= 11 is 6.17. The minimum absolute atomic E-state index is 0. The maximum atomic E-state index is 6.17. The molecule has 0 saturated heterocycles. The maximum Gasteiger partial charge on any atom is 0.213 e. The number of hydrogen-bond donors (Lipinski definition) is 2. The number of halogens is 2. The zero-order valence-corrected chi connectivity index (χ0v) is 20.2. The number of hydrogen-bond acceptors (Lipinski definition) is 4. The van der Waals surface area contributed by atoms with E-state index in [1.165, 1.54) is 0 Å². The van der Waals surface area contributed by atoms with Crippen molar-refractivity contribution in [2.75, 3.05) is 13.6 Å². The second-order valence-corrected chi connectivity index (χ2v) is 7.66.